The van der Waals surface area contributed by atoms with Crippen molar-refractivity contribution in [3.8, 4) is 11.6 Å². The highest BCUT2D eigenvalue weighted by Gasteiger charge is 2.12. The third-order valence-corrected chi connectivity index (χ3v) is 2.78. The summed E-state index contributed by atoms with van der Waals surface area (Å²) in [6.45, 7) is 4.12. The van der Waals surface area contributed by atoms with Gasteiger partial charge in [0, 0.05) is 0 Å². The van der Waals surface area contributed by atoms with E-state index in [1.807, 2.05) is 31.2 Å². The Morgan fingerprint density at radius 2 is 1.95 bits per heavy atom. The molecular formula is C14H18N4O. The molecule has 0 spiro atoms. The molecule has 0 atom stereocenters. The number of hydrogen-bond donors (Lipinski definition) is 2. The SMILES string of the molecule is CCCc1c(NN)ncnc1Oc1ccc(C)cc1. The number of nitrogens with one attached hydrogen (secondary N) is 1. The molecule has 19 heavy (non-hydrogen) atoms. The van der Waals surface area contributed by atoms with Crippen LogP contribution in [0.15, 0.2) is 30.6 Å². The standard InChI is InChI=1S/C14H18N4O/c1-3-4-12-13(18-15)16-9-17-14(12)19-11-7-5-10(2)6-8-11/h5-9H,3-4,15H2,1-2H3,(H,16,17,18). The van der Waals surface area contributed by atoms with Crippen molar-refractivity contribution in [2.24, 2.45) is 5.84 Å². The first-order chi connectivity index (χ1) is 9.24. The third kappa shape index (κ3) is 3.20. The van der Waals surface area contributed by atoms with Crippen molar-refractivity contribution in [3.63, 3.8) is 0 Å². The van der Waals surface area contributed by atoms with Gasteiger partial charge in [-0.25, -0.2) is 15.8 Å². The largest absolute Gasteiger partial charge is 0.439 e. The van der Waals surface area contributed by atoms with Gasteiger partial charge in [0.15, 0.2) is 0 Å². The molecule has 0 aliphatic carbocycles. The molecule has 0 aliphatic heterocycles. The molecule has 5 nitrogen and oxygen atoms in total. The van der Waals surface area contributed by atoms with E-state index in [0.717, 1.165) is 24.2 Å². The normalized spacial score (nSPS) is 10.3. The molecule has 0 amide bonds. The van der Waals surface area contributed by atoms with Gasteiger partial charge in [0.05, 0.1) is 5.56 Å². The van der Waals surface area contributed by atoms with Crippen molar-refractivity contribution in [1.82, 2.24) is 9.97 Å². The van der Waals surface area contributed by atoms with Crippen molar-refractivity contribution in [1.29, 1.82) is 0 Å². The molecular weight excluding hydrogens is 240 g/mol. The lowest BCUT2D eigenvalue weighted by Gasteiger charge is -2.12. The molecule has 0 saturated carbocycles. The Balaban J connectivity index is 2.30. The number of nitrogens with two attached hydrogens (primary N) is 1. The number of rotatable bonds is 5. The zero-order valence-electron chi connectivity index (χ0n) is 11.2. The number of anilines is 1. The van der Waals surface area contributed by atoms with E-state index >= 15 is 0 Å². The van der Waals surface area contributed by atoms with Gasteiger partial charge in [-0.3, -0.25) is 0 Å². The summed E-state index contributed by atoms with van der Waals surface area (Å²) in [5.41, 5.74) is 4.67. The molecule has 3 N–H and O–H groups in total. The van der Waals surface area contributed by atoms with Crippen molar-refractivity contribution in [2.75, 3.05) is 5.43 Å². The number of aryl methyl sites for hydroxylation is 1. The second-order valence-electron chi connectivity index (χ2n) is 4.32. The van der Waals surface area contributed by atoms with Crippen molar-refractivity contribution < 1.29 is 4.74 Å². The highest BCUT2D eigenvalue weighted by molar-refractivity contribution is 5.49. The van der Waals surface area contributed by atoms with E-state index in [-0.39, 0.29) is 0 Å². The molecule has 1 heterocycles. The number of hydrazine groups is 1. The summed E-state index contributed by atoms with van der Waals surface area (Å²) in [4.78, 5) is 8.30. The van der Waals surface area contributed by atoms with E-state index in [1.165, 1.54) is 11.9 Å². The molecule has 0 fully saturated rings. The lowest BCUT2D eigenvalue weighted by Crippen LogP contribution is -2.12. The van der Waals surface area contributed by atoms with E-state index in [1.54, 1.807) is 0 Å². The van der Waals surface area contributed by atoms with Crippen LogP contribution in [0.1, 0.15) is 24.5 Å². The molecule has 0 radical (unpaired) electrons. The number of aromatic nitrogens is 2. The van der Waals surface area contributed by atoms with Crippen molar-refractivity contribution in [2.45, 2.75) is 26.7 Å². The highest BCUT2D eigenvalue weighted by atomic mass is 16.5. The fourth-order valence-electron chi connectivity index (χ4n) is 1.80. The molecule has 0 aliphatic rings. The van der Waals surface area contributed by atoms with Crippen LogP contribution in [0.4, 0.5) is 5.82 Å². The first-order valence-electron chi connectivity index (χ1n) is 6.29. The number of hydrogen-bond acceptors (Lipinski definition) is 5. The maximum absolute atomic E-state index is 5.81. The molecule has 1 aromatic carbocycles. The van der Waals surface area contributed by atoms with E-state index in [0.29, 0.717) is 11.7 Å². The predicted octanol–water partition coefficient (Wildman–Crippen LogP) is 2.82. The maximum atomic E-state index is 5.81. The zero-order chi connectivity index (χ0) is 13.7. The van der Waals surface area contributed by atoms with E-state index in [4.69, 9.17) is 10.6 Å². The second-order valence-corrected chi connectivity index (χ2v) is 4.32. The molecule has 1 aromatic heterocycles. The smallest absolute Gasteiger partial charge is 0.227 e. The second kappa shape index (κ2) is 6.15. The molecule has 5 heteroatoms. The Bertz CT molecular complexity index is 540. The Labute approximate surface area is 112 Å². The molecule has 0 bridgehead atoms. The minimum absolute atomic E-state index is 0.550. The number of nitrogens with zero attached hydrogens (tertiary/aromatic N) is 2. The topological polar surface area (TPSA) is 73.1 Å². The highest BCUT2D eigenvalue weighted by Crippen LogP contribution is 2.27. The van der Waals surface area contributed by atoms with Gasteiger partial charge >= 0.3 is 0 Å². The molecule has 0 unspecified atom stereocenters. The van der Waals surface area contributed by atoms with Gasteiger partial charge in [-0.2, -0.15) is 0 Å². The Morgan fingerprint density at radius 3 is 2.58 bits per heavy atom. The van der Waals surface area contributed by atoms with Crippen LogP contribution in [-0.2, 0) is 6.42 Å². The minimum atomic E-state index is 0.550. The van der Waals surface area contributed by atoms with Gasteiger partial charge in [0.1, 0.15) is 17.9 Å². The quantitative estimate of drug-likeness (QED) is 0.637. The van der Waals surface area contributed by atoms with E-state index < -0.39 is 0 Å². The first-order valence-corrected chi connectivity index (χ1v) is 6.29. The van der Waals surface area contributed by atoms with Crippen LogP contribution in [0, 0.1) is 6.92 Å². The molecule has 100 valence electrons. The van der Waals surface area contributed by atoms with Crippen LogP contribution in [0.5, 0.6) is 11.6 Å². The van der Waals surface area contributed by atoms with Gasteiger partial charge in [0.25, 0.3) is 0 Å². The maximum Gasteiger partial charge on any atom is 0.227 e. The lowest BCUT2D eigenvalue weighted by atomic mass is 10.2. The van der Waals surface area contributed by atoms with Crippen LogP contribution < -0.4 is 16.0 Å². The first kappa shape index (κ1) is 13.3. The molecule has 0 saturated heterocycles. The number of benzene rings is 1. The average molecular weight is 258 g/mol. The summed E-state index contributed by atoms with van der Waals surface area (Å²) in [7, 11) is 0. The van der Waals surface area contributed by atoms with Gasteiger partial charge in [-0.05, 0) is 25.5 Å². The predicted molar refractivity (Wildman–Crippen MR) is 75.1 cm³/mol. The summed E-state index contributed by atoms with van der Waals surface area (Å²) >= 11 is 0. The van der Waals surface area contributed by atoms with Gasteiger partial charge < -0.3 is 10.2 Å². The van der Waals surface area contributed by atoms with E-state index in [2.05, 4.69) is 22.3 Å². The fraction of sp³-hybridized carbons (Fsp3) is 0.286. The summed E-state index contributed by atoms with van der Waals surface area (Å²) in [5, 5.41) is 0. The summed E-state index contributed by atoms with van der Waals surface area (Å²) < 4.78 is 5.81. The van der Waals surface area contributed by atoms with Gasteiger partial charge in [-0.15, -0.1) is 0 Å². The average Bonchev–Trinajstić information content (AvgIpc) is 2.43. The molecule has 2 aromatic rings. The number of ether oxygens (including phenoxy) is 1. The zero-order valence-corrected chi connectivity index (χ0v) is 11.2. The van der Waals surface area contributed by atoms with Crippen LogP contribution in [0.2, 0.25) is 0 Å². The minimum Gasteiger partial charge on any atom is -0.439 e. The molecule has 2 rings (SSSR count). The monoisotopic (exact) mass is 258 g/mol. The van der Waals surface area contributed by atoms with Crippen molar-refractivity contribution >= 4 is 5.82 Å². The van der Waals surface area contributed by atoms with E-state index in [9.17, 15) is 0 Å². The van der Waals surface area contributed by atoms with Gasteiger partial charge in [0.2, 0.25) is 5.88 Å². The summed E-state index contributed by atoms with van der Waals surface area (Å²) in [6.07, 6.45) is 3.21. The third-order valence-electron chi connectivity index (χ3n) is 2.78. The summed E-state index contributed by atoms with van der Waals surface area (Å²) in [6, 6.07) is 7.83. The Hall–Kier alpha value is -2.14. The van der Waals surface area contributed by atoms with Crippen LogP contribution in [-0.4, -0.2) is 9.97 Å². The lowest BCUT2D eigenvalue weighted by molar-refractivity contribution is 0.454. The fourth-order valence-corrected chi connectivity index (χ4v) is 1.80. The van der Waals surface area contributed by atoms with Crippen molar-refractivity contribution in [3.05, 3.63) is 41.7 Å². The van der Waals surface area contributed by atoms with Crippen LogP contribution >= 0.6 is 0 Å². The Morgan fingerprint density at radius 1 is 1.21 bits per heavy atom. The van der Waals surface area contributed by atoms with Crippen LogP contribution in [0.25, 0.3) is 0 Å². The number of nitrogen functional groups attached to an aromatic ring is 1. The van der Waals surface area contributed by atoms with Gasteiger partial charge in [-0.1, -0.05) is 31.0 Å². The summed E-state index contributed by atoms with van der Waals surface area (Å²) in [5.74, 6) is 7.38. The Kier molecular flexibility index (Phi) is 4.30. The van der Waals surface area contributed by atoms with Crippen LogP contribution in [0.3, 0.4) is 0 Å².